The molecule has 20 heavy (non-hydrogen) atoms. The van der Waals surface area contributed by atoms with Crippen LogP contribution in [0.5, 0.6) is 0 Å². The Labute approximate surface area is 117 Å². The minimum absolute atomic E-state index is 0.0544. The fourth-order valence-electron chi connectivity index (χ4n) is 2.67. The van der Waals surface area contributed by atoms with E-state index in [-0.39, 0.29) is 5.91 Å². The number of aryl methyl sites for hydroxylation is 2. The molecule has 0 atom stereocenters. The maximum atomic E-state index is 11.8. The number of hydrogen-bond acceptors (Lipinski definition) is 3. The maximum absolute atomic E-state index is 11.8. The summed E-state index contributed by atoms with van der Waals surface area (Å²) in [6.45, 7) is 0.522. The van der Waals surface area contributed by atoms with Crippen molar-refractivity contribution in [2.45, 2.75) is 45.1 Å². The van der Waals surface area contributed by atoms with E-state index in [1.165, 1.54) is 24.1 Å². The highest BCUT2D eigenvalue weighted by Crippen LogP contribution is 2.22. The van der Waals surface area contributed by atoms with Crippen LogP contribution in [0.15, 0.2) is 23.0 Å². The van der Waals surface area contributed by atoms with Crippen molar-refractivity contribution in [1.29, 1.82) is 0 Å². The number of rotatable bonds is 5. The van der Waals surface area contributed by atoms with Crippen LogP contribution in [0.2, 0.25) is 0 Å². The molecule has 1 aliphatic carbocycles. The third-order valence-corrected chi connectivity index (χ3v) is 3.80. The molecule has 0 saturated heterocycles. The molecule has 2 heterocycles. The summed E-state index contributed by atoms with van der Waals surface area (Å²) in [4.78, 5) is 11.8. The fourth-order valence-corrected chi connectivity index (χ4v) is 2.67. The van der Waals surface area contributed by atoms with Crippen LogP contribution in [-0.2, 0) is 30.6 Å². The van der Waals surface area contributed by atoms with E-state index in [1.807, 2.05) is 6.07 Å². The minimum Gasteiger partial charge on any atom is -0.472 e. The molecule has 106 valence electrons. The first-order chi connectivity index (χ1) is 9.83. The normalized spacial score (nSPS) is 14.0. The van der Waals surface area contributed by atoms with Gasteiger partial charge in [-0.2, -0.15) is 5.10 Å². The third kappa shape index (κ3) is 2.92. The Hall–Kier alpha value is -2.04. The van der Waals surface area contributed by atoms with E-state index in [0.29, 0.717) is 19.4 Å². The minimum atomic E-state index is 0.0544. The number of amides is 1. The van der Waals surface area contributed by atoms with E-state index in [1.54, 1.807) is 12.5 Å². The van der Waals surface area contributed by atoms with Crippen LogP contribution in [0, 0.1) is 0 Å². The summed E-state index contributed by atoms with van der Waals surface area (Å²) < 4.78 is 4.96. The number of aromatic nitrogens is 2. The maximum Gasteiger partial charge on any atom is 0.220 e. The molecule has 0 radical (unpaired) electrons. The molecule has 2 aromatic rings. The number of hydrogen-bond donors (Lipinski definition) is 2. The average molecular weight is 273 g/mol. The monoisotopic (exact) mass is 273 g/mol. The van der Waals surface area contributed by atoms with Crippen molar-refractivity contribution in [2.24, 2.45) is 0 Å². The molecule has 0 unspecified atom stereocenters. The van der Waals surface area contributed by atoms with Crippen molar-refractivity contribution in [3.05, 3.63) is 41.1 Å². The molecule has 2 aromatic heterocycles. The van der Waals surface area contributed by atoms with Gasteiger partial charge in [-0.1, -0.05) is 0 Å². The second-order valence-electron chi connectivity index (χ2n) is 5.24. The lowest BCUT2D eigenvalue weighted by Gasteiger charge is -2.11. The third-order valence-electron chi connectivity index (χ3n) is 3.80. The molecule has 1 aliphatic rings. The highest BCUT2D eigenvalue weighted by molar-refractivity contribution is 5.76. The Balaban J connectivity index is 1.49. The van der Waals surface area contributed by atoms with Gasteiger partial charge in [-0.15, -0.1) is 0 Å². The van der Waals surface area contributed by atoms with Gasteiger partial charge in [-0.05, 0) is 37.3 Å². The number of carbonyl (C=O) groups is 1. The number of fused-ring (bicyclic) bond motifs is 1. The zero-order valence-corrected chi connectivity index (χ0v) is 11.4. The van der Waals surface area contributed by atoms with Gasteiger partial charge in [0.1, 0.15) is 0 Å². The van der Waals surface area contributed by atoms with Crippen LogP contribution in [0.25, 0.3) is 0 Å². The summed E-state index contributed by atoms with van der Waals surface area (Å²) in [5, 5.41) is 10.4. The first-order valence-corrected chi connectivity index (χ1v) is 7.15. The second-order valence-corrected chi connectivity index (χ2v) is 5.24. The summed E-state index contributed by atoms with van der Waals surface area (Å²) in [6, 6.07) is 1.85. The Kier molecular flexibility index (Phi) is 3.85. The Bertz CT molecular complexity index is 572. The van der Waals surface area contributed by atoms with Crippen LogP contribution >= 0.6 is 0 Å². The van der Waals surface area contributed by atoms with E-state index >= 15 is 0 Å². The Morgan fingerprint density at radius 3 is 3.15 bits per heavy atom. The van der Waals surface area contributed by atoms with Gasteiger partial charge >= 0.3 is 0 Å². The van der Waals surface area contributed by atoms with Crippen LogP contribution in [-0.4, -0.2) is 16.1 Å². The fraction of sp³-hybridized carbons (Fsp3) is 0.467. The molecule has 0 spiro atoms. The van der Waals surface area contributed by atoms with Crippen molar-refractivity contribution in [1.82, 2.24) is 15.5 Å². The van der Waals surface area contributed by atoms with Crippen molar-refractivity contribution < 1.29 is 9.21 Å². The summed E-state index contributed by atoms with van der Waals surface area (Å²) in [7, 11) is 0. The average Bonchev–Trinajstić information content (AvgIpc) is 3.12. The summed E-state index contributed by atoms with van der Waals surface area (Å²) in [5.41, 5.74) is 4.66. The Morgan fingerprint density at radius 1 is 1.40 bits per heavy atom. The van der Waals surface area contributed by atoms with E-state index in [4.69, 9.17) is 4.42 Å². The van der Waals surface area contributed by atoms with Gasteiger partial charge in [0.2, 0.25) is 5.91 Å². The van der Waals surface area contributed by atoms with Gasteiger partial charge in [0.05, 0.1) is 18.2 Å². The molecule has 0 aliphatic heterocycles. The highest BCUT2D eigenvalue weighted by Gasteiger charge is 2.17. The van der Waals surface area contributed by atoms with Crippen molar-refractivity contribution in [2.75, 3.05) is 0 Å². The largest absolute Gasteiger partial charge is 0.472 e. The number of H-pyrrole nitrogens is 1. The number of nitrogens with zero attached hydrogens (tertiary/aromatic N) is 1. The lowest BCUT2D eigenvalue weighted by Crippen LogP contribution is -2.23. The first-order valence-electron chi connectivity index (χ1n) is 7.15. The number of carbonyl (C=O) groups excluding carboxylic acids is 1. The van der Waals surface area contributed by atoms with E-state index < -0.39 is 0 Å². The van der Waals surface area contributed by atoms with Crippen LogP contribution in [0.3, 0.4) is 0 Å². The number of nitrogens with one attached hydrogen (secondary N) is 2. The lowest BCUT2D eigenvalue weighted by atomic mass is 9.94. The summed E-state index contributed by atoms with van der Waals surface area (Å²) in [5.74, 6) is 0.0544. The topological polar surface area (TPSA) is 70.9 Å². The van der Waals surface area contributed by atoms with Gasteiger partial charge in [0.15, 0.2) is 0 Å². The number of aromatic amines is 1. The molecule has 5 heteroatoms. The van der Waals surface area contributed by atoms with E-state index in [0.717, 1.165) is 24.1 Å². The van der Waals surface area contributed by atoms with Crippen molar-refractivity contribution in [3.8, 4) is 0 Å². The Morgan fingerprint density at radius 2 is 2.30 bits per heavy atom. The molecule has 0 aromatic carbocycles. The molecule has 0 saturated carbocycles. The van der Waals surface area contributed by atoms with Gasteiger partial charge in [0, 0.05) is 30.6 Å². The predicted octanol–water partition coefficient (Wildman–Crippen LogP) is 2.13. The van der Waals surface area contributed by atoms with Crippen molar-refractivity contribution >= 4 is 5.91 Å². The van der Waals surface area contributed by atoms with Gasteiger partial charge < -0.3 is 9.73 Å². The molecular weight excluding hydrogens is 254 g/mol. The van der Waals surface area contributed by atoms with E-state index in [9.17, 15) is 4.79 Å². The molecule has 0 fully saturated rings. The van der Waals surface area contributed by atoms with Crippen LogP contribution in [0.4, 0.5) is 0 Å². The number of furan rings is 1. The second kappa shape index (κ2) is 5.94. The molecule has 5 nitrogen and oxygen atoms in total. The van der Waals surface area contributed by atoms with Gasteiger partial charge in [0.25, 0.3) is 0 Å². The lowest BCUT2D eigenvalue weighted by molar-refractivity contribution is -0.121. The van der Waals surface area contributed by atoms with Gasteiger partial charge in [-0.25, -0.2) is 0 Å². The molecule has 0 bridgehead atoms. The van der Waals surface area contributed by atoms with E-state index in [2.05, 4.69) is 15.5 Å². The summed E-state index contributed by atoms with van der Waals surface area (Å²) >= 11 is 0. The standard InChI is InChI=1S/C15H19N3O2/c19-15(16-9-11-7-8-20-10-11)6-5-14-12-3-1-2-4-13(12)17-18-14/h7-8,10H,1-6,9H2,(H,16,19)(H,17,18). The molecule has 3 rings (SSSR count). The van der Waals surface area contributed by atoms with Crippen LogP contribution in [0.1, 0.15) is 41.8 Å². The molecular formula is C15H19N3O2. The quantitative estimate of drug-likeness (QED) is 0.876. The highest BCUT2D eigenvalue weighted by atomic mass is 16.3. The summed E-state index contributed by atoms with van der Waals surface area (Å²) in [6.07, 6.45) is 9.10. The smallest absolute Gasteiger partial charge is 0.220 e. The van der Waals surface area contributed by atoms with Crippen LogP contribution < -0.4 is 5.32 Å². The molecule has 2 N–H and O–H groups in total. The molecule has 1 amide bonds. The zero-order chi connectivity index (χ0) is 13.8. The van der Waals surface area contributed by atoms with Gasteiger partial charge in [-0.3, -0.25) is 9.89 Å². The van der Waals surface area contributed by atoms with Crippen molar-refractivity contribution in [3.63, 3.8) is 0 Å². The zero-order valence-electron chi connectivity index (χ0n) is 11.4. The predicted molar refractivity (Wildman–Crippen MR) is 74.1 cm³/mol. The first kappa shape index (κ1) is 13.0. The SMILES string of the molecule is O=C(CCc1n[nH]c2c1CCCC2)NCc1ccoc1.